The Balaban J connectivity index is 1.71. The SMILES string of the molecule is COc1ccccc1OC(=O)C(O)CN(CC(C)C)C(=O)N[C@@H](Cc1ccccc1)C(=O)OCc1ccccc1. The predicted octanol–water partition coefficient (Wildman–Crippen LogP) is 3.98. The van der Waals surface area contributed by atoms with Gasteiger partial charge in [0.15, 0.2) is 17.6 Å². The molecule has 2 amide bonds. The number of benzene rings is 3. The first-order valence-corrected chi connectivity index (χ1v) is 13.1. The molecule has 2 atom stereocenters. The summed E-state index contributed by atoms with van der Waals surface area (Å²) in [5, 5.41) is 13.4. The van der Waals surface area contributed by atoms with E-state index in [0.29, 0.717) is 5.75 Å². The average molecular weight is 549 g/mol. The Kier molecular flexibility index (Phi) is 11.5. The van der Waals surface area contributed by atoms with Gasteiger partial charge in [0.05, 0.1) is 13.7 Å². The maximum absolute atomic E-state index is 13.4. The first-order chi connectivity index (χ1) is 19.3. The molecule has 2 N–H and O–H groups in total. The van der Waals surface area contributed by atoms with Crippen LogP contribution in [0.3, 0.4) is 0 Å². The monoisotopic (exact) mass is 548 g/mol. The predicted molar refractivity (Wildman–Crippen MR) is 150 cm³/mol. The van der Waals surface area contributed by atoms with E-state index in [1.807, 2.05) is 74.5 Å². The van der Waals surface area contributed by atoms with Crippen molar-refractivity contribution in [1.29, 1.82) is 0 Å². The van der Waals surface area contributed by atoms with Crippen LogP contribution in [0, 0.1) is 5.92 Å². The number of para-hydroxylation sites is 2. The summed E-state index contributed by atoms with van der Waals surface area (Å²) in [6, 6.07) is 23.4. The number of hydrogen-bond acceptors (Lipinski definition) is 7. The summed E-state index contributed by atoms with van der Waals surface area (Å²) in [6.07, 6.45) is -1.43. The van der Waals surface area contributed by atoms with Crippen molar-refractivity contribution in [1.82, 2.24) is 10.2 Å². The lowest BCUT2D eigenvalue weighted by Crippen LogP contribution is -2.52. The second kappa shape index (κ2) is 15.3. The van der Waals surface area contributed by atoms with E-state index in [1.54, 1.807) is 18.2 Å². The number of nitrogens with one attached hydrogen (secondary N) is 1. The standard InChI is InChI=1S/C31H36N2O7/c1-22(2)19-33(20-26(34)30(36)40-28-17-11-10-16-27(28)38-3)31(37)32-25(18-23-12-6-4-7-13-23)29(35)39-21-24-14-8-5-9-15-24/h4-17,22,25-26,34H,18-21H2,1-3H3,(H,32,37)/t25-,26?/m0/s1. The molecule has 212 valence electrons. The highest BCUT2D eigenvalue weighted by atomic mass is 16.6. The average Bonchev–Trinajstić information content (AvgIpc) is 2.96. The molecule has 3 rings (SSSR count). The van der Waals surface area contributed by atoms with Gasteiger partial charge in [0.2, 0.25) is 0 Å². The largest absolute Gasteiger partial charge is 0.493 e. The van der Waals surface area contributed by atoms with Gasteiger partial charge in [-0.25, -0.2) is 14.4 Å². The number of ether oxygens (including phenoxy) is 3. The molecule has 0 aliphatic rings. The van der Waals surface area contributed by atoms with Gasteiger partial charge >= 0.3 is 18.0 Å². The Hall–Kier alpha value is -4.37. The third-order valence-corrected chi connectivity index (χ3v) is 5.91. The molecular formula is C31H36N2O7. The zero-order valence-corrected chi connectivity index (χ0v) is 23.0. The first-order valence-electron chi connectivity index (χ1n) is 13.1. The van der Waals surface area contributed by atoms with E-state index in [1.165, 1.54) is 18.1 Å². The van der Waals surface area contributed by atoms with Gasteiger partial charge in [0.1, 0.15) is 12.6 Å². The van der Waals surface area contributed by atoms with E-state index in [0.717, 1.165) is 11.1 Å². The lowest BCUT2D eigenvalue weighted by atomic mass is 10.1. The molecule has 9 heteroatoms. The number of amides is 2. The number of carbonyl (C=O) groups is 3. The lowest BCUT2D eigenvalue weighted by molar-refractivity contribution is -0.147. The molecule has 3 aromatic carbocycles. The number of nitrogens with zero attached hydrogens (tertiary/aromatic N) is 1. The molecule has 0 spiro atoms. The van der Waals surface area contributed by atoms with Gasteiger partial charge < -0.3 is 29.5 Å². The highest BCUT2D eigenvalue weighted by Crippen LogP contribution is 2.26. The van der Waals surface area contributed by atoms with Crippen LogP contribution >= 0.6 is 0 Å². The van der Waals surface area contributed by atoms with Crippen LogP contribution in [-0.2, 0) is 27.4 Å². The van der Waals surface area contributed by atoms with Gasteiger partial charge in [-0.05, 0) is 29.2 Å². The van der Waals surface area contributed by atoms with Crippen molar-refractivity contribution < 1.29 is 33.7 Å². The molecule has 0 bridgehead atoms. The molecule has 40 heavy (non-hydrogen) atoms. The minimum absolute atomic E-state index is 0.0146. The molecular weight excluding hydrogens is 512 g/mol. The summed E-state index contributed by atoms with van der Waals surface area (Å²) in [7, 11) is 1.44. The van der Waals surface area contributed by atoms with Crippen LogP contribution in [0.15, 0.2) is 84.9 Å². The molecule has 0 fully saturated rings. The fourth-order valence-corrected chi connectivity index (χ4v) is 3.96. The van der Waals surface area contributed by atoms with Gasteiger partial charge in [-0.1, -0.05) is 86.6 Å². The van der Waals surface area contributed by atoms with Crippen LogP contribution in [0.25, 0.3) is 0 Å². The third kappa shape index (κ3) is 9.43. The van der Waals surface area contributed by atoms with E-state index < -0.39 is 30.1 Å². The van der Waals surface area contributed by atoms with Crippen molar-refractivity contribution in [2.75, 3.05) is 20.2 Å². The summed E-state index contributed by atoms with van der Waals surface area (Å²) < 4.78 is 16.0. The summed E-state index contributed by atoms with van der Waals surface area (Å²) in [5.74, 6) is -1.03. The number of aliphatic hydroxyl groups is 1. The third-order valence-electron chi connectivity index (χ3n) is 5.91. The second-order valence-corrected chi connectivity index (χ2v) is 9.67. The number of rotatable bonds is 13. The topological polar surface area (TPSA) is 114 Å². The Morgan fingerprint density at radius 1 is 0.800 bits per heavy atom. The van der Waals surface area contributed by atoms with Gasteiger partial charge in [0.25, 0.3) is 0 Å². The molecule has 0 radical (unpaired) electrons. The molecule has 3 aromatic rings. The van der Waals surface area contributed by atoms with Crippen LogP contribution in [0.2, 0.25) is 0 Å². The highest BCUT2D eigenvalue weighted by Gasteiger charge is 2.29. The molecule has 0 heterocycles. The minimum atomic E-state index is -1.63. The number of aliphatic hydroxyl groups excluding tert-OH is 1. The van der Waals surface area contributed by atoms with Crippen LogP contribution in [0.4, 0.5) is 4.79 Å². The van der Waals surface area contributed by atoms with Crippen molar-refractivity contribution >= 4 is 18.0 Å². The Labute approximate surface area is 234 Å². The van der Waals surface area contributed by atoms with Crippen molar-refractivity contribution in [2.45, 2.75) is 39.0 Å². The molecule has 0 aliphatic heterocycles. The fourth-order valence-electron chi connectivity index (χ4n) is 3.96. The van der Waals surface area contributed by atoms with E-state index in [9.17, 15) is 19.5 Å². The second-order valence-electron chi connectivity index (χ2n) is 9.67. The normalized spacial score (nSPS) is 12.2. The summed E-state index contributed by atoms with van der Waals surface area (Å²) >= 11 is 0. The highest BCUT2D eigenvalue weighted by molar-refractivity contribution is 5.84. The van der Waals surface area contributed by atoms with E-state index in [2.05, 4.69) is 5.32 Å². The van der Waals surface area contributed by atoms with Crippen LogP contribution < -0.4 is 14.8 Å². The molecule has 1 unspecified atom stereocenters. The smallest absolute Gasteiger partial charge is 0.342 e. The molecule has 0 saturated heterocycles. The molecule has 0 aliphatic carbocycles. The van der Waals surface area contributed by atoms with Crippen LogP contribution in [-0.4, -0.2) is 60.3 Å². The van der Waals surface area contributed by atoms with E-state index >= 15 is 0 Å². The van der Waals surface area contributed by atoms with Crippen molar-refractivity contribution in [3.8, 4) is 11.5 Å². The number of esters is 2. The zero-order chi connectivity index (χ0) is 28.9. The van der Waals surface area contributed by atoms with Crippen LogP contribution in [0.5, 0.6) is 11.5 Å². The van der Waals surface area contributed by atoms with Crippen LogP contribution in [0.1, 0.15) is 25.0 Å². The molecule has 9 nitrogen and oxygen atoms in total. The van der Waals surface area contributed by atoms with Crippen molar-refractivity contribution in [3.63, 3.8) is 0 Å². The Morgan fingerprint density at radius 3 is 1.98 bits per heavy atom. The first kappa shape index (κ1) is 30.2. The summed E-state index contributed by atoms with van der Waals surface area (Å²) in [5.41, 5.74) is 1.65. The maximum Gasteiger partial charge on any atom is 0.342 e. The Morgan fingerprint density at radius 2 is 1.38 bits per heavy atom. The fraction of sp³-hybridized carbons (Fsp3) is 0.323. The molecule has 0 aromatic heterocycles. The van der Waals surface area contributed by atoms with Crippen molar-refractivity contribution in [3.05, 3.63) is 96.1 Å². The Bertz CT molecular complexity index is 1230. The quantitative estimate of drug-likeness (QED) is 0.245. The molecule has 0 saturated carbocycles. The number of carbonyl (C=O) groups excluding carboxylic acids is 3. The van der Waals surface area contributed by atoms with Gasteiger partial charge in [0, 0.05) is 13.0 Å². The number of hydrogen-bond donors (Lipinski definition) is 2. The number of urea groups is 1. The summed E-state index contributed by atoms with van der Waals surface area (Å²) in [4.78, 5) is 40.5. The van der Waals surface area contributed by atoms with Gasteiger partial charge in [-0.2, -0.15) is 0 Å². The number of methoxy groups -OCH3 is 1. The zero-order valence-electron chi connectivity index (χ0n) is 23.0. The maximum atomic E-state index is 13.4. The van der Waals surface area contributed by atoms with Gasteiger partial charge in [-0.3, -0.25) is 0 Å². The van der Waals surface area contributed by atoms with E-state index in [-0.39, 0.29) is 37.8 Å². The summed E-state index contributed by atoms with van der Waals surface area (Å²) in [6.45, 7) is 3.74. The van der Waals surface area contributed by atoms with Gasteiger partial charge in [-0.15, -0.1) is 0 Å². The van der Waals surface area contributed by atoms with Crippen molar-refractivity contribution in [2.24, 2.45) is 5.92 Å². The lowest BCUT2D eigenvalue weighted by Gasteiger charge is -2.28. The minimum Gasteiger partial charge on any atom is -0.493 e. The van der Waals surface area contributed by atoms with E-state index in [4.69, 9.17) is 14.2 Å².